The van der Waals surface area contributed by atoms with Crippen LogP contribution in [0.5, 0.6) is 0 Å². The van der Waals surface area contributed by atoms with Gasteiger partial charge in [-0.1, -0.05) is 32.6 Å². The summed E-state index contributed by atoms with van der Waals surface area (Å²) in [5.74, 6) is 2.97. The molecular weight excluding hydrogens is 222 g/mol. The Bertz CT molecular complexity index is 342. The molecule has 2 rings (SSSR count). The summed E-state index contributed by atoms with van der Waals surface area (Å²) in [6.07, 6.45) is 8.26. The van der Waals surface area contributed by atoms with E-state index in [-0.39, 0.29) is 0 Å². The zero-order chi connectivity index (χ0) is 13.0. The van der Waals surface area contributed by atoms with Crippen LogP contribution in [0.1, 0.15) is 68.6 Å². The van der Waals surface area contributed by atoms with Crippen molar-refractivity contribution in [3.05, 3.63) is 23.2 Å². The highest BCUT2D eigenvalue weighted by atomic mass is 16.3. The molecule has 1 unspecified atom stereocenters. The molecule has 1 aliphatic carbocycles. The van der Waals surface area contributed by atoms with Gasteiger partial charge in [0, 0.05) is 0 Å². The van der Waals surface area contributed by atoms with Gasteiger partial charge in [0.2, 0.25) is 0 Å². The summed E-state index contributed by atoms with van der Waals surface area (Å²) in [5.41, 5.74) is 1.28. The van der Waals surface area contributed by atoms with Gasteiger partial charge in [-0.2, -0.15) is 0 Å². The number of aryl methyl sites for hydroxylation is 2. The average molecular weight is 249 g/mol. The lowest BCUT2D eigenvalue weighted by Gasteiger charge is -2.25. The molecule has 1 atom stereocenters. The van der Waals surface area contributed by atoms with Crippen molar-refractivity contribution in [2.24, 2.45) is 5.92 Å². The van der Waals surface area contributed by atoms with Crippen LogP contribution in [0, 0.1) is 19.8 Å². The Hall–Kier alpha value is -0.760. The summed E-state index contributed by atoms with van der Waals surface area (Å²) < 4.78 is 5.96. The molecule has 1 aliphatic rings. The fraction of sp³-hybridized carbons (Fsp3) is 0.750. The van der Waals surface area contributed by atoms with Gasteiger partial charge < -0.3 is 9.73 Å². The molecule has 0 saturated heterocycles. The molecule has 0 aliphatic heterocycles. The van der Waals surface area contributed by atoms with Crippen molar-refractivity contribution in [2.45, 2.75) is 65.3 Å². The van der Waals surface area contributed by atoms with Gasteiger partial charge in [0.1, 0.15) is 11.5 Å². The van der Waals surface area contributed by atoms with Gasteiger partial charge in [-0.05, 0) is 50.8 Å². The van der Waals surface area contributed by atoms with Crippen molar-refractivity contribution < 1.29 is 4.42 Å². The van der Waals surface area contributed by atoms with Crippen LogP contribution in [0.3, 0.4) is 0 Å². The maximum absolute atomic E-state index is 5.96. The molecule has 1 aromatic heterocycles. The number of nitrogens with one attached hydrogen (secondary N) is 1. The van der Waals surface area contributed by atoms with Crippen LogP contribution in [0.15, 0.2) is 10.5 Å². The minimum absolute atomic E-state index is 0.417. The van der Waals surface area contributed by atoms with Crippen molar-refractivity contribution in [3.63, 3.8) is 0 Å². The van der Waals surface area contributed by atoms with Crippen molar-refractivity contribution in [2.75, 3.05) is 6.54 Å². The van der Waals surface area contributed by atoms with Crippen LogP contribution in [0.25, 0.3) is 0 Å². The predicted octanol–water partition coefficient (Wildman–Crippen LogP) is 4.52. The largest absolute Gasteiger partial charge is 0.464 e. The highest BCUT2D eigenvalue weighted by molar-refractivity contribution is 5.21. The van der Waals surface area contributed by atoms with E-state index < -0.39 is 0 Å². The van der Waals surface area contributed by atoms with E-state index in [9.17, 15) is 0 Å². The van der Waals surface area contributed by atoms with Crippen molar-refractivity contribution in [1.82, 2.24) is 5.32 Å². The molecule has 0 bridgehead atoms. The Kier molecular flexibility index (Phi) is 4.87. The monoisotopic (exact) mass is 249 g/mol. The lowest BCUT2D eigenvalue weighted by atomic mass is 9.90. The van der Waals surface area contributed by atoms with E-state index in [1.807, 2.05) is 0 Å². The van der Waals surface area contributed by atoms with E-state index >= 15 is 0 Å². The van der Waals surface area contributed by atoms with Crippen LogP contribution < -0.4 is 5.32 Å². The first kappa shape index (κ1) is 13.7. The number of hydrogen-bond donors (Lipinski definition) is 1. The van der Waals surface area contributed by atoms with Crippen molar-refractivity contribution in [1.29, 1.82) is 0 Å². The van der Waals surface area contributed by atoms with Crippen LogP contribution in [0.2, 0.25) is 0 Å². The zero-order valence-electron chi connectivity index (χ0n) is 12.1. The summed E-state index contributed by atoms with van der Waals surface area (Å²) in [7, 11) is 0. The van der Waals surface area contributed by atoms with Crippen LogP contribution in [0.4, 0.5) is 0 Å². The fourth-order valence-electron chi connectivity index (χ4n) is 3.12. The average Bonchev–Trinajstić information content (AvgIpc) is 2.60. The Balaban J connectivity index is 2.15. The van der Waals surface area contributed by atoms with E-state index in [1.165, 1.54) is 44.1 Å². The third-order valence-electron chi connectivity index (χ3n) is 4.29. The molecule has 1 aromatic rings. The predicted molar refractivity (Wildman–Crippen MR) is 75.8 cm³/mol. The van der Waals surface area contributed by atoms with Crippen LogP contribution in [-0.2, 0) is 0 Å². The van der Waals surface area contributed by atoms with E-state index in [0.29, 0.717) is 6.04 Å². The van der Waals surface area contributed by atoms with Crippen LogP contribution >= 0.6 is 0 Å². The Morgan fingerprint density at radius 2 is 1.89 bits per heavy atom. The Morgan fingerprint density at radius 1 is 1.22 bits per heavy atom. The third kappa shape index (κ3) is 3.17. The minimum atomic E-state index is 0.417. The van der Waals surface area contributed by atoms with Gasteiger partial charge in [0.15, 0.2) is 0 Å². The number of furan rings is 1. The summed E-state index contributed by atoms with van der Waals surface area (Å²) in [6, 6.07) is 2.65. The second-order valence-corrected chi connectivity index (χ2v) is 5.67. The second kappa shape index (κ2) is 6.42. The molecule has 0 aromatic carbocycles. The second-order valence-electron chi connectivity index (χ2n) is 5.67. The topological polar surface area (TPSA) is 25.2 Å². The molecule has 2 heteroatoms. The normalized spacial score (nSPS) is 19.7. The van der Waals surface area contributed by atoms with Gasteiger partial charge in [0.25, 0.3) is 0 Å². The highest BCUT2D eigenvalue weighted by Crippen LogP contribution is 2.34. The molecule has 0 spiro atoms. The van der Waals surface area contributed by atoms with Crippen LogP contribution in [-0.4, -0.2) is 6.54 Å². The first-order valence-electron chi connectivity index (χ1n) is 7.52. The standard InChI is InChI=1S/C16H27NO/c1-4-17-16(14-9-7-5-6-8-10-14)15-11-12(2)13(3)18-15/h11,14,16-17H,4-10H2,1-3H3. The minimum Gasteiger partial charge on any atom is -0.464 e. The van der Waals surface area contributed by atoms with Crippen molar-refractivity contribution in [3.8, 4) is 0 Å². The molecule has 1 fully saturated rings. The molecule has 0 amide bonds. The summed E-state index contributed by atoms with van der Waals surface area (Å²) in [6.45, 7) is 7.40. The first-order valence-corrected chi connectivity index (χ1v) is 7.52. The zero-order valence-corrected chi connectivity index (χ0v) is 12.1. The van der Waals surface area contributed by atoms with E-state index in [0.717, 1.165) is 24.0 Å². The van der Waals surface area contributed by atoms with E-state index in [2.05, 4.69) is 32.2 Å². The lowest BCUT2D eigenvalue weighted by Crippen LogP contribution is -2.27. The molecule has 1 saturated carbocycles. The molecule has 1 heterocycles. The molecule has 2 nitrogen and oxygen atoms in total. The smallest absolute Gasteiger partial charge is 0.121 e. The van der Waals surface area contributed by atoms with Gasteiger partial charge in [0.05, 0.1) is 6.04 Å². The maximum Gasteiger partial charge on any atom is 0.121 e. The molecular formula is C16H27NO. The van der Waals surface area contributed by atoms with Gasteiger partial charge in [-0.25, -0.2) is 0 Å². The maximum atomic E-state index is 5.96. The molecule has 102 valence electrons. The third-order valence-corrected chi connectivity index (χ3v) is 4.29. The summed E-state index contributed by atoms with van der Waals surface area (Å²) in [4.78, 5) is 0. The quantitative estimate of drug-likeness (QED) is 0.794. The lowest BCUT2D eigenvalue weighted by molar-refractivity contribution is 0.284. The Morgan fingerprint density at radius 3 is 2.39 bits per heavy atom. The molecule has 18 heavy (non-hydrogen) atoms. The van der Waals surface area contributed by atoms with Gasteiger partial charge >= 0.3 is 0 Å². The van der Waals surface area contributed by atoms with E-state index in [4.69, 9.17) is 4.42 Å². The first-order chi connectivity index (χ1) is 8.72. The SMILES string of the molecule is CCNC(c1cc(C)c(C)o1)C1CCCCCC1. The summed E-state index contributed by atoms with van der Waals surface area (Å²) in [5, 5.41) is 3.64. The fourth-order valence-corrected chi connectivity index (χ4v) is 3.12. The number of rotatable bonds is 4. The van der Waals surface area contributed by atoms with Gasteiger partial charge in [-0.3, -0.25) is 0 Å². The highest BCUT2D eigenvalue weighted by Gasteiger charge is 2.26. The molecule has 0 radical (unpaired) electrons. The van der Waals surface area contributed by atoms with Crippen molar-refractivity contribution >= 4 is 0 Å². The number of hydrogen-bond acceptors (Lipinski definition) is 2. The summed E-state index contributed by atoms with van der Waals surface area (Å²) >= 11 is 0. The van der Waals surface area contributed by atoms with E-state index in [1.54, 1.807) is 0 Å². The molecule has 1 N–H and O–H groups in total. The Labute approximate surface area is 111 Å². The van der Waals surface area contributed by atoms with Gasteiger partial charge in [-0.15, -0.1) is 0 Å².